The largest absolute Gasteiger partial charge is 0.481 e. The molecule has 0 radical (unpaired) electrons. The van der Waals surface area contributed by atoms with Crippen LogP contribution in [0.2, 0.25) is 0 Å². The lowest BCUT2D eigenvalue weighted by atomic mass is 10.1. The van der Waals surface area contributed by atoms with Gasteiger partial charge in [-0.15, -0.1) is 0 Å². The van der Waals surface area contributed by atoms with E-state index < -0.39 is 23.6 Å². The molecular weight excluding hydrogens is 291 g/mol. The number of amides is 1. The molecule has 116 valence electrons. The third-order valence-electron chi connectivity index (χ3n) is 3.16. The monoisotopic (exact) mass is 306 g/mol. The summed E-state index contributed by atoms with van der Waals surface area (Å²) >= 11 is 0. The minimum absolute atomic E-state index is 0.0284. The molecule has 6 nitrogen and oxygen atoms in total. The van der Waals surface area contributed by atoms with Crippen LogP contribution in [0.25, 0.3) is 11.3 Å². The predicted molar refractivity (Wildman–Crippen MR) is 75.7 cm³/mol. The maximum atomic E-state index is 13.2. The number of carboxylic acids is 1. The van der Waals surface area contributed by atoms with E-state index in [2.05, 4.69) is 5.16 Å². The predicted octanol–water partition coefficient (Wildman–Crippen LogP) is 2.27. The van der Waals surface area contributed by atoms with Crippen LogP contribution in [0.4, 0.5) is 4.39 Å². The van der Waals surface area contributed by atoms with E-state index >= 15 is 0 Å². The van der Waals surface area contributed by atoms with Crippen molar-refractivity contribution in [2.24, 2.45) is 5.92 Å². The first-order chi connectivity index (χ1) is 10.4. The Morgan fingerprint density at radius 2 is 2.14 bits per heavy atom. The van der Waals surface area contributed by atoms with E-state index in [1.807, 2.05) is 0 Å². The summed E-state index contributed by atoms with van der Waals surface area (Å²) in [6.45, 7) is 1.55. The van der Waals surface area contributed by atoms with Crippen LogP contribution < -0.4 is 0 Å². The molecule has 2 aromatic rings. The number of halogens is 1. The highest BCUT2D eigenvalue weighted by atomic mass is 19.1. The van der Waals surface area contributed by atoms with Crippen molar-refractivity contribution in [2.45, 2.75) is 6.92 Å². The summed E-state index contributed by atoms with van der Waals surface area (Å²) in [6, 6.07) is 7.16. The van der Waals surface area contributed by atoms with Gasteiger partial charge in [-0.1, -0.05) is 24.2 Å². The van der Waals surface area contributed by atoms with Gasteiger partial charge in [0.2, 0.25) is 5.76 Å². The van der Waals surface area contributed by atoms with Crippen molar-refractivity contribution in [3.05, 3.63) is 41.9 Å². The van der Waals surface area contributed by atoms with Crippen LogP contribution in [-0.2, 0) is 4.79 Å². The van der Waals surface area contributed by atoms with E-state index in [-0.39, 0.29) is 12.3 Å². The highest BCUT2D eigenvalue weighted by Crippen LogP contribution is 2.20. The van der Waals surface area contributed by atoms with Gasteiger partial charge >= 0.3 is 5.97 Å². The Balaban J connectivity index is 2.14. The Morgan fingerprint density at radius 3 is 2.77 bits per heavy atom. The molecule has 1 unspecified atom stereocenters. The molecule has 0 saturated heterocycles. The Morgan fingerprint density at radius 1 is 1.41 bits per heavy atom. The molecule has 0 aliphatic rings. The zero-order valence-corrected chi connectivity index (χ0v) is 12.1. The number of carbonyl (C=O) groups excluding carboxylic acids is 1. The lowest BCUT2D eigenvalue weighted by Gasteiger charge is -2.17. The van der Waals surface area contributed by atoms with Gasteiger partial charge in [-0.2, -0.15) is 0 Å². The van der Waals surface area contributed by atoms with Gasteiger partial charge in [-0.25, -0.2) is 4.39 Å². The third kappa shape index (κ3) is 3.49. The van der Waals surface area contributed by atoms with Crippen molar-refractivity contribution >= 4 is 11.9 Å². The van der Waals surface area contributed by atoms with Crippen LogP contribution in [0.3, 0.4) is 0 Å². The average Bonchev–Trinajstić information content (AvgIpc) is 2.96. The van der Waals surface area contributed by atoms with E-state index in [9.17, 15) is 14.0 Å². The summed E-state index contributed by atoms with van der Waals surface area (Å²) in [5.74, 6) is -2.61. The summed E-state index contributed by atoms with van der Waals surface area (Å²) in [7, 11) is 1.48. The maximum Gasteiger partial charge on any atom is 0.308 e. The summed E-state index contributed by atoms with van der Waals surface area (Å²) in [6.07, 6.45) is 0. The quantitative estimate of drug-likeness (QED) is 0.916. The number of aromatic nitrogens is 1. The van der Waals surface area contributed by atoms with E-state index in [0.29, 0.717) is 11.3 Å². The topological polar surface area (TPSA) is 83.6 Å². The maximum absolute atomic E-state index is 13.2. The molecule has 0 saturated carbocycles. The molecule has 0 aliphatic heterocycles. The van der Waals surface area contributed by atoms with Gasteiger partial charge in [0.05, 0.1) is 5.92 Å². The number of carbonyl (C=O) groups is 2. The number of hydrogen-bond donors (Lipinski definition) is 1. The number of hydrogen-bond acceptors (Lipinski definition) is 4. The fourth-order valence-electron chi connectivity index (χ4n) is 1.92. The summed E-state index contributed by atoms with van der Waals surface area (Å²) in [4.78, 5) is 24.2. The second-order valence-electron chi connectivity index (χ2n) is 5.01. The molecule has 22 heavy (non-hydrogen) atoms. The van der Waals surface area contributed by atoms with Gasteiger partial charge < -0.3 is 14.5 Å². The SMILES string of the molecule is CC(CN(C)C(=O)c1cc(-c2cccc(F)c2)no1)C(=O)O. The first kappa shape index (κ1) is 15.7. The minimum atomic E-state index is -0.988. The Kier molecular flexibility index (Phi) is 4.55. The Labute approximate surface area is 126 Å². The Bertz CT molecular complexity index is 698. The van der Waals surface area contributed by atoms with Crippen molar-refractivity contribution in [3.8, 4) is 11.3 Å². The van der Waals surface area contributed by atoms with Crippen molar-refractivity contribution in [3.63, 3.8) is 0 Å². The molecule has 1 heterocycles. The number of benzene rings is 1. The molecule has 2 rings (SSSR count). The lowest BCUT2D eigenvalue weighted by molar-refractivity contribution is -0.141. The van der Waals surface area contributed by atoms with Crippen LogP contribution in [0.1, 0.15) is 17.5 Å². The van der Waals surface area contributed by atoms with Crippen LogP contribution in [0, 0.1) is 11.7 Å². The molecule has 1 atom stereocenters. The number of rotatable bonds is 5. The van der Waals surface area contributed by atoms with E-state index in [1.54, 1.807) is 6.07 Å². The van der Waals surface area contributed by atoms with Gasteiger partial charge in [0, 0.05) is 25.2 Å². The van der Waals surface area contributed by atoms with Crippen LogP contribution in [0.15, 0.2) is 34.9 Å². The zero-order chi connectivity index (χ0) is 16.3. The minimum Gasteiger partial charge on any atom is -0.481 e. The molecule has 0 bridgehead atoms. The standard InChI is InChI=1S/C15H15FN2O4/c1-9(15(20)21)8-18(2)14(19)13-7-12(17-22-13)10-4-3-5-11(16)6-10/h3-7,9H,8H2,1-2H3,(H,20,21). The van der Waals surface area contributed by atoms with Gasteiger partial charge in [-0.05, 0) is 12.1 Å². The second-order valence-corrected chi connectivity index (χ2v) is 5.01. The fraction of sp³-hybridized carbons (Fsp3) is 0.267. The normalized spacial score (nSPS) is 12.0. The molecule has 7 heteroatoms. The van der Waals surface area contributed by atoms with Gasteiger partial charge in [0.25, 0.3) is 5.91 Å². The highest BCUT2D eigenvalue weighted by Gasteiger charge is 2.22. The van der Waals surface area contributed by atoms with Crippen molar-refractivity contribution < 1.29 is 23.6 Å². The summed E-state index contributed by atoms with van der Waals surface area (Å²) < 4.78 is 18.1. The number of carboxylic acid groups (broad SMARTS) is 1. The van der Waals surface area contributed by atoms with Crippen LogP contribution in [-0.4, -0.2) is 40.6 Å². The molecule has 1 N–H and O–H groups in total. The Hall–Kier alpha value is -2.70. The molecule has 1 amide bonds. The lowest BCUT2D eigenvalue weighted by Crippen LogP contribution is -2.33. The van der Waals surface area contributed by atoms with Crippen molar-refractivity contribution in [1.29, 1.82) is 0 Å². The molecule has 0 aliphatic carbocycles. The molecule has 0 spiro atoms. The first-order valence-corrected chi connectivity index (χ1v) is 6.59. The van der Waals surface area contributed by atoms with Gasteiger partial charge in [0.15, 0.2) is 0 Å². The molecular formula is C15H15FN2O4. The van der Waals surface area contributed by atoms with E-state index in [1.165, 1.54) is 43.1 Å². The van der Waals surface area contributed by atoms with Crippen molar-refractivity contribution in [1.82, 2.24) is 10.1 Å². The smallest absolute Gasteiger partial charge is 0.308 e. The molecule has 1 aromatic carbocycles. The average molecular weight is 306 g/mol. The van der Waals surface area contributed by atoms with Crippen LogP contribution >= 0.6 is 0 Å². The fourth-order valence-corrected chi connectivity index (χ4v) is 1.92. The molecule has 0 fully saturated rings. The highest BCUT2D eigenvalue weighted by molar-refractivity contribution is 5.92. The summed E-state index contributed by atoms with van der Waals surface area (Å²) in [5, 5.41) is 12.6. The second kappa shape index (κ2) is 6.38. The number of nitrogens with zero attached hydrogens (tertiary/aromatic N) is 2. The van der Waals surface area contributed by atoms with Crippen molar-refractivity contribution in [2.75, 3.05) is 13.6 Å². The number of aliphatic carboxylic acids is 1. The third-order valence-corrected chi connectivity index (χ3v) is 3.16. The molecule has 1 aromatic heterocycles. The first-order valence-electron chi connectivity index (χ1n) is 6.59. The van der Waals surface area contributed by atoms with Gasteiger partial charge in [0.1, 0.15) is 11.5 Å². The summed E-state index contributed by atoms with van der Waals surface area (Å²) in [5.41, 5.74) is 0.826. The van der Waals surface area contributed by atoms with E-state index in [0.717, 1.165) is 0 Å². The van der Waals surface area contributed by atoms with E-state index in [4.69, 9.17) is 9.63 Å². The zero-order valence-electron chi connectivity index (χ0n) is 12.1. The van der Waals surface area contributed by atoms with Crippen LogP contribution in [0.5, 0.6) is 0 Å². The van der Waals surface area contributed by atoms with Gasteiger partial charge in [-0.3, -0.25) is 9.59 Å².